The quantitative estimate of drug-likeness (QED) is 0.657. The van der Waals surface area contributed by atoms with E-state index in [-0.39, 0.29) is 11.3 Å². The average molecular weight is 154 g/mol. The third kappa shape index (κ3) is 1.55. The van der Waals surface area contributed by atoms with Crippen LogP contribution in [0.4, 0.5) is 0 Å². The Hall–Kier alpha value is -0.530. The number of amides is 1. The summed E-state index contributed by atoms with van der Waals surface area (Å²) in [6, 6.07) is 0. The highest BCUT2D eigenvalue weighted by molar-refractivity contribution is 5.87. The Kier molecular flexibility index (Phi) is 2.21. The van der Waals surface area contributed by atoms with Crippen LogP contribution in [0.15, 0.2) is 0 Å². The molecule has 63 valence electrons. The third-order valence-electron chi connectivity index (χ3n) is 2.60. The van der Waals surface area contributed by atoms with Crippen molar-refractivity contribution in [3.8, 4) is 0 Å². The van der Waals surface area contributed by atoms with Gasteiger partial charge < -0.3 is 5.73 Å². The Balaban J connectivity index is 2.29. The Bertz CT molecular complexity index is 167. The van der Waals surface area contributed by atoms with E-state index in [1.807, 2.05) is 6.92 Å². The van der Waals surface area contributed by atoms with Crippen LogP contribution in [-0.4, -0.2) is 5.91 Å². The predicted molar refractivity (Wildman–Crippen MR) is 44.7 cm³/mol. The van der Waals surface area contributed by atoms with Crippen molar-refractivity contribution in [3.63, 3.8) is 0 Å². The summed E-state index contributed by atoms with van der Waals surface area (Å²) in [7, 11) is 0. The molecule has 1 radical (unpaired) electrons. The molecule has 2 nitrogen and oxygen atoms in total. The van der Waals surface area contributed by atoms with Crippen LogP contribution in [0, 0.1) is 11.3 Å². The lowest BCUT2D eigenvalue weighted by atomic mass is 10.0. The first-order valence-electron chi connectivity index (χ1n) is 4.26. The molecule has 2 heteroatoms. The van der Waals surface area contributed by atoms with E-state index in [1.54, 1.807) is 0 Å². The molecule has 0 saturated heterocycles. The summed E-state index contributed by atoms with van der Waals surface area (Å²) in [5, 5.41) is 0. The van der Waals surface area contributed by atoms with Gasteiger partial charge in [0, 0.05) is 0 Å². The van der Waals surface area contributed by atoms with Gasteiger partial charge in [0.05, 0.1) is 5.41 Å². The van der Waals surface area contributed by atoms with Gasteiger partial charge in [-0.2, -0.15) is 0 Å². The number of primary amides is 1. The minimum absolute atomic E-state index is 0.149. The number of carbonyl (C=O) groups is 1. The average Bonchev–Trinajstić information content (AvgIpc) is 2.59. The molecule has 11 heavy (non-hydrogen) atoms. The molecule has 1 saturated carbocycles. The molecule has 0 spiro atoms. The molecule has 0 aromatic heterocycles. The molecule has 1 unspecified atom stereocenters. The summed E-state index contributed by atoms with van der Waals surface area (Å²) >= 11 is 0. The van der Waals surface area contributed by atoms with Gasteiger partial charge in [0.25, 0.3) is 0 Å². The smallest absolute Gasteiger partial charge is 0.223 e. The second-order valence-electron chi connectivity index (χ2n) is 3.58. The summed E-state index contributed by atoms with van der Waals surface area (Å²) in [6.07, 6.45) is 4.41. The molecule has 0 bridgehead atoms. The zero-order valence-electron chi connectivity index (χ0n) is 7.31. The second kappa shape index (κ2) is 2.84. The van der Waals surface area contributed by atoms with E-state index in [1.165, 1.54) is 18.8 Å². The van der Waals surface area contributed by atoms with Crippen LogP contribution >= 0.6 is 0 Å². The van der Waals surface area contributed by atoms with Crippen molar-refractivity contribution in [1.29, 1.82) is 0 Å². The van der Waals surface area contributed by atoms with Crippen LogP contribution in [0.2, 0.25) is 0 Å². The first-order valence-corrected chi connectivity index (χ1v) is 4.26. The van der Waals surface area contributed by atoms with Gasteiger partial charge >= 0.3 is 0 Å². The molecule has 1 aliphatic rings. The maximum absolute atomic E-state index is 10.9. The molecule has 2 N–H and O–H groups in total. The van der Waals surface area contributed by atoms with Crippen LogP contribution < -0.4 is 5.73 Å². The highest BCUT2D eigenvalue weighted by Gasteiger charge is 2.54. The summed E-state index contributed by atoms with van der Waals surface area (Å²) in [6.45, 7) is 4.10. The lowest BCUT2D eigenvalue weighted by Crippen LogP contribution is -2.23. The van der Waals surface area contributed by atoms with Gasteiger partial charge in [-0.25, -0.2) is 0 Å². The normalized spacial score (nSPS) is 30.4. The standard InChI is InChI=1S/C9H16NO/c1-3-4-5-7-6-9(7,2)8(10)11/h3-6H2,1-2H3,(H2,10,11). The summed E-state index contributed by atoms with van der Waals surface area (Å²) < 4.78 is 0. The van der Waals surface area contributed by atoms with E-state index in [0.29, 0.717) is 0 Å². The van der Waals surface area contributed by atoms with Crippen LogP contribution in [0.3, 0.4) is 0 Å². The van der Waals surface area contributed by atoms with Gasteiger partial charge in [-0.3, -0.25) is 4.79 Å². The van der Waals surface area contributed by atoms with E-state index in [0.717, 1.165) is 12.8 Å². The van der Waals surface area contributed by atoms with Gasteiger partial charge in [0.2, 0.25) is 5.91 Å². The molecule has 1 rings (SSSR count). The third-order valence-corrected chi connectivity index (χ3v) is 2.60. The SMILES string of the molecule is CCCC[C]1CC1(C)C(N)=O. The van der Waals surface area contributed by atoms with Gasteiger partial charge in [-0.15, -0.1) is 0 Å². The largest absolute Gasteiger partial charge is 0.369 e. The predicted octanol–water partition coefficient (Wildman–Crippen LogP) is 1.65. The lowest BCUT2D eigenvalue weighted by molar-refractivity contribution is -0.122. The minimum atomic E-state index is -0.227. The number of rotatable bonds is 4. The monoisotopic (exact) mass is 154 g/mol. The number of nitrogens with two attached hydrogens (primary N) is 1. The zero-order chi connectivity index (χ0) is 8.48. The van der Waals surface area contributed by atoms with Crippen molar-refractivity contribution in [2.75, 3.05) is 0 Å². The van der Waals surface area contributed by atoms with Crippen molar-refractivity contribution in [2.24, 2.45) is 11.1 Å². The lowest BCUT2D eigenvalue weighted by Gasteiger charge is -2.03. The first-order chi connectivity index (χ1) is 5.11. The number of hydrogen-bond donors (Lipinski definition) is 1. The molecule has 0 aromatic carbocycles. The van der Waals surface area contributed by atoms with Gasteiger partial charge in [0.15, 0.2) is 0 Å². The molecule has 1 aliphatic carbocycles. The van der Waals surface area contributed by atoms with Crippen LogP contribution in [0.25, 0.3) is 0 Å². The number of hydrogen-bond acceptors (Lipinski definition) is 1. The fourth-order valence-electron chi connectivity index (χ4n) is 1.40. The van der Waals surface area contributed by atoms with E-state index in [9.17, 15) is 4.79 Å². The molecule has 0 heterocycles. The molecule has 1 fully saturated rings. The maximum atomic E-state index is 10.9. The highest BCUT2D eigenvalue weighted by atomic mass is 16.1. The van der Waals surface area contributed by atoms with Crippen LogP contribution in [0.5, 0.6) is 0 Å². The van der Waals surface area contributed by atoms with Gasteiger partial charge in [-0.05, 0) is 18.8 Å². The number of carbonyl (C=O) groups excluding carboxylic acids is 1. The van der Waals surface area contributed by atoms with Crippen molar-refractivity contribution < 1.29 is 4.79 Å². The second-order valence-corrected chi connectivity index (χ2v) is 3.58. The molecule has 1 atom stereocenters. The Morgan fingerprint density at radius 2 is 2.36 bits per heavy atom. The summed E-state index contributed by atoms with van der Waals surface area (Å²) in [5.74, 6) is 1.20. The van der Waals surface area contributed by atoms with Crippen molar-refractivity contribution >= 4 is 5.91 Å². The molecule has 1 amide bonds. The molecular formula is C9H16NO. The van der Waals surface area contributed by atoms with E-state index < -0.39 is 0 Å². The molecular weight excluding hydrogens is 138 g/mol. The summed E-state index contributed by atoms with van der Waals surface area (Å²) in [4.78, 5) is 10.9. The Morgan fingerprint density at radius 1 is 1.73 bits per heavy atom. The van der Waals surface area contributed by atoms with Gasteiger partial charge in [0.1, 0.15) is 0 Å². The summed E-state index contributed by atoms with van der Waals surface area (Å²) in [5.41, 5.74) is 5.01. The zero-order valence-corrected chi connectivity index (χ0v) is 7.31. The first kappa shape index (κ1) is 8.57. The van der Waals surface area contributed by atoms with Crippen molar-refractivity contribution in [3.05, 3.63) is 5.92 Å². The van der Waals surface area contributed by atoms with Crippen LogP contribution in [0.1, 0.15) is 39.5 Å². The Labute approximate surface area is 68.2 Å². The fraction of sp³-hybridized carbons (Fsp3) is 0.778. The van der Waals surface area contributed by atoms with Crippen molar-refractivity contribution in [2.45, 2.75) is 39.5 Å². The number of unbranched alkanes of at least 4 members (excludes halogenated alkanes) is 1. The topological polar surface area (TPSA) is 43.1 Å². The minimum Gasteiger partial charge on any atom is -0.369 e. The van der Waals surface area contributed by atoms with Crippen molar-refractivity contribution in [1.82, 2.24) is 0 Å². The maximum Gasteiger partial charge on any atom is 0.223 e. The van der Waals surface area contributed by atoms with Crippen LogP contribution in [-0.2, 0) is 4.79 Å². The molecule has 0 aliphatic heterocycles. The Morgan fingerprint density at radius 3 is 2.73 bits per heavy atom. The fourth-order valence-corrected chi connectivity index (χ4v) is 1.40. The van der Waals surface area contributed by atoms with E-state index in [2.05, 4.69) is 6.92 Å². The van der Waals surface area contributed by atoms with E-state index >= 15 is 0 Å². The van der Waals surface area contributed by atoms with Gasteiger partial charge in [-0.1, -0.05) is 26.7 Å². The molecule has 0 aromatic rings. The van der Waals surface area contributed by atoms with E-state index in [4.69, 9.17) is 5.73 Å². The highest BCUT2D eigenvalue weighted by Crippen LogP contribution is 2.56.